The molecular formula is C13H8NO6S-. The number of carboxylic acids is 1. The smallest absolute Gasteiger partial charge is 0.288 e. The summed E-state index contributed by atoms with van der Waals surface area (Å²) in [6, 6.07) is 9.53. The minimum absolute atomic E-state index is 0.542. The van der Waals surface area contributed by atoms with Crippen LogP contribution in [0.2, 0.25) is 0 Å². The number of hydrogen-bond acceptors (Lipinski definition) is 6. The third-order valence-corrected chi connectivity index (χ3v) is 4.61. The molecule has 0 aliphatic carbocycles. The number of rotatable bonds is 4. The minimum atomic E-state index is -4.35. The maximum Gasteiger partial charge on any atom is 0.288 e. The van der Waals surface area contributed by atoms with Crippen LogP contribution in [0.3, 0.4) is 0 Å². The number of carbonyl (C=O) groups excluding carboxylic acids is 1. The Morgan fingerprint density at radius 2 is 1.48 bits per heavy atom. The average molecular weight is 306 g/mol. The Kier molecular flexibility index (Phi) is 3.72. The van der Waals surface area contributed by atoms with Gasteiger partial charge in [-0.3, -0.25) is 10.1 Å². The molecule has 2 aromatic rings. The molecule has 0 saturated carbocycles. The summed E-state index contributed by atoms with van der Waals surface area (Å²) in [5.41, 5.74) is -1.17. The predicted molar refractivity (Wildman–Crippen MR) is 69.3 cm³/mol. The summed E-state index contributed by atoms with van der Waals surface area (Å²) in [6.45, 7) is 0. The van der Waals surface area contributed by atoms with Gasteiger partial charge in [-0.1, -0.05) is 30.3 Å². The number of carboxylic acid groups (broad SMARTS) is 1. The van der Waals surface area contributed by atoms with Crippen molar-refractivity contribution in [2.75, 3.05) is 0 Å². The first-order valence-electron chi connectivity index (χ1n) is 5.64. The summed E-state index contributed by atoms with van der Waals surface area (Å²) in [4.78, 5) is 20.0. The van der Waals surface area contributed by atoms with Gasteiger partial charge < -0.3 is 9.90 Å². The van der Waals surface area contributed by atoms with Gasteiger partial charge in [0.25, 0.3) is 5.69 Å². The van der Waals surface area contributed by atoms with Crippen molar-refractivity contribution in [2.45, 2.75) is 9.79 Å². The Labute approximate surface area is 119 Å². The monoisotopic (exact) mass is 306 g/mol. The van der Waals surface area contributed by atoms with Gasteiger partial charge in [-0.25, -0.2) is 8.42 Å². The van der Waals surface area contributed by atoms with Crippen LogP contribution in [0, 0.1) is 10.1 Å². The molecule has 7 nitrogen and oxygen atoms in total. The normalized spacial score (nSPS) is 11.0. The second kappa shape index (κ2) is 5.33. The van der Waals surface area contributed by atoms with Crippen molar-refractivity contribution in [3.63, 3.8) is 0 Å². The average Bonchev–Trinajstić information content (AvgIpc) is 2.47. The summed E-state index contributed by atoms with van der Waals surface area (Å²) < 4.78 is 25.0. The molecule has 0 saturated heterocycles. The zero-order valence-electron chi connectivity index (χ0n) is 10.4. The maximum atomic E-state index is 12.5. The van der Waals surface area contributed by atoms with Crippen molar-refractivity contribution in [3.8, 4) is 0 Å². The van der Waals surface area contributed by atoms with Gasteiger partial charge in [0.15, 0.2) is 0 Å². The molecule has 0 aliphatic rings. The number of nitro groups is 1. The van der Waals surface area contributed by atoms with Crippen LogP contribution in [0.5, 0.6) is 0 Å². The number of para-hydroxylation sites is 1. The maximum absolute atomic E-state index is 12.5. The number of nitrogens with zero attached hydrogens (tertiary/aromatic N) is 1. The number of hydrogen-bond donors (Lipinski definition) is 0. The molecule has 108 valence electrons. The third-order valence-electron chi connectivity index (χ3n) is 2.75. The van der Waals surface area contributed by atoms with Crippen LogP contribution in [-0.2, 0) is 9.84 Å². The van der Waals surface area contributed by atoms with Crippen molar-refractivity contribution in [1.29, 1.82) is 0 Å². The van der Waals surface area contributed by atoms with Crippen molar-refractivity contribution < 1.29 is 23.2 Å². The standard InChI is InChI=1S/C13H9NO6S/c15-13(16)9-5-1-3-7-11(9)21(19,20)12-8-4-2-6-10(12)14(17)18/h1-8H,(H,15,16)/p-1. The van der Waals surface area contributed by atoms with Crippen LogP contribution in [0.25, 0.3) is 0 Å². The van der Waals surface area contributed by atoms with E-state index in [0.29, 0.717) is 0 Å². The number of nitro benzene ring substituents is 1. The molecule has 2 rings (SSSR count). The molecule has 0 spiro atoms. The summed E-state index contributed by atoms with van der Waals surface area (Å²) >= 11 is 0. The molecular weight excluding hydrogens is 298 g/mol. The van der Waals surface area contributed by atoms with E-state index in [2.05, 4.69) is 0 Å². The third kappa shape index (κ3) is 2.61. The molecule has 0 atom stereocenters. The zero-order chi connectivity index (χ0) is 15.6. The predicted octanol–water partition coefficient (Wildman–Crippen LogP) is 0.791. The first-order valence-corrected chi connectivity index (χ1v) is 7.13. The molecule has 2 aromatic carbocycles. The van der Waals surface area contributed by atoms with Crippen LogP contribution < -0.4 is 5.11 Å². The van der Waals surface area contributed by atoms with Crippen LogP contribution in [0.1, 0.15) is 10.4 Å². The first-order chi connectivity index (χ1) is 9.85. The molecule has 21 heavy (non-hydrogen) atoms. The minimum Gasteiger partial charge on any atom is -0.545 e. The second-order valence-corrected chi connectivity index (χ2v) is 5.90. The summed E-state index contributed by atoms with van der Waals surface area (Å²) in [5.74, 6) is -1.67. The van der Waals surface area contributed by atoms with Crippen LogP contribution in [0.15, 0.2) is 58.3 Å². The number of aromatic carboxylic acids is 1. The highest BCUT2D eigenvalue weighted by molar-refractivity contribution is 7.91. The van der Waals surface area contributed by atoms with Gasteiger partial charge in [-0.05, 0) is 12.1 Å². The fourth-order valence-corrected chi connectivity index (χ4v) is 3.43. The SMILES string of the molecule is O=C([O-])c1ccccc1S(=O)(=O)c1ccccc1[N+](=O)[O-]. The van der Waals surface area contributed by atoms with Crippen molar-refractivity contribution in [2.24, 2.45) is 0 Å². The molecule has 0 radical (unpaired) electrons. The first kappa shape index (κ1) is 14.7. The van der Waals surface area contributed by atoms with Gasteiger partial charge in [0.05, 0.1) is 15.8 Å². The Morgan fingerprint density at radius 3 is 2.05 bits per heavy atom. The lowest BCUT2D eigenvalue weighted by Gasteiger charge is -2.11. The van der Waals surface area contributed by atoms with Gasteiger partial charge >= 0.3 is 0 Å². The van der Waals surface area contributed by atoms with E-state index in [4.69, 9.17) is 0 Å². The van der Waals surface area contributed by atoms with E-state index in [-0.39, 0.29) is 0 Å². The van der Waals surface area contributed by atoms with E-state index in [1.165, 1.54) is 24.3 Å². The summed E-state index contributed by atoms with van der Waals surface area (Å²) in [6.07, 6.45) is 0. The quantitative estimate of drug-likeness (QED) is 0.608. The highest BCUT2D eigenvalue weighted by Gasteiger charge is 2.28. The molecule has 0 amide bonds. The summed E-state index contributed by atoms with van der Waals surface area (Å²) in [7, 11) is -4.35. The van der Waals surface area contributed by atoms with E-state index in [1.54, 1.807) is 0 Å². The Hall–Kier alpha value is -2.74. The lowest BCUT2D eigenvalue weighted by Crippen LogP contribution is -2.24. The molecule has 0 aromatic heterocycles. The van der Waals surface area contributed by atoms with Gasteiger partial charge in [0.1, 0.15) is 4.90 Å². The van der Waals surface area contributed by atoms with Crippen LogP contribution >= 0.6 is 0 Å². The zero-order valence-corrected chi connectivity index (χ0v) is 11.2. The number of carbonyl (C=O) groups is 1. The Bertz CT molecular complexity index is 765. The fourth-order valence-electron chi connectivity index (χ4n) is 1.82. The second-order valence-electron chi connectivity index (χ2n) is 4.01. The van der Waals surface area contributed by atoms with Crippen molar-refractivity contribution in [1.82, 2.24) is 0 Å². The van der Waals surface area contributed by atoms with E-state index in [0.717, 1.165) is 24.3 Å². The number of sulfone groups is 1. The number of benzene rings is 2. The van der Waals surface area contributed by atoms with E-state index in [9.17, 15) is 28.4 Å². The van der Waals surface area contributed by atoms with Gasteiger partial charge in [-0.15, -0.1) is 0 Å². The van der Waals surface area contributed by atoms with Gasteiger partial charge in [0.2, 0.25) is 9.84 Å². The Balaban J connectivity index is 2.76. The van der Waals surface area contributed by atoms with Gasteiger partial charge in [-0.2, -0.15) is 0 Å². The lowest BCUT2D eigenvalue weighted by molar-refractivity contribution is -0.387. The van der Waals surface area contributed by atoms with E-state index in [1.807, 2.05) is 0 Å². The van der Waals surface area contributed by atoms with Crippen molar-refractivity contribution in [3.05, 3.63) is 64.2 Å². The van der Waals surface area contributed by atoms with E-state index < -0.39 is 41.8 Å². The highest BCUT2D eigenvalue weighted by Crippen LogP contribution is 2.30. The topological polar surface area (TPSA) is 117 Å². The Morgan fingerprint density at radius 1 is 0.952 bits per heavy atom. The van der Waals surface area contributed by atoms with Gasteiger partial charge in [0, 0.05) is 11.6 Å². The molecule has 0 aliphatic heterocycles. The highest BCUT2D eigenvalue weighted by atomic mass is 32.2. The molecule has 0 unspecified atom stereocenters. The molecule has 0 bridgehead atoms. The molecule has 8 heteroatoms. The summed E-state index contributed by atoms with van der Waals surface area (Å²) in [5, 5.41) is 21.9. The largest absolute Gasteiger partial charge is 0.545 e. The molecule has 0 N–H and O–H groups in total. The van der Waals surface area contributed by atoms with Crippen LogP contribution in [-0.4, -0.2) is 19.3 Å². The molecule has 0 fully saturated rings. The lowest BCUT2D eigenvalue weighted by atomic mass is 10.2. The fraction of sp³-hybridized carbons (Fsp3) is 0. The van der Waals surface area contributed by atoms with Crippen LogP contribution in [0.4, 0.5) is 5.69 Å². The molecule has 0 heterocycles. The van der Waals surface area contributed by atoms with Crippen molar-refractivity contribution >= 4 is 21.5 Å². The van der Waals surface area contributed by atoms with E-state index >= 15 is 0 Å².